The summed E-state index contributed by atoms with van der Waals surface area (Å²) < 4.78 is 37.4. The summed E-state index contributed by atoms with van der Waals surface area (Å²) in [7, 11) is 4.86. The molecule has 2 rings (SSSR count). The summed E-state index contributed by atoms with van der Waals surface area (Å²) in [5.41, 5.74) is 2.01. The Morgan fingerprint density at radius 1 is 0.905 bits per heavy atom. The largest absolute Gasteiger partial charge is 0.493 e. The third kappa shape index (κ3) is 3.31. The summed E-state index contributed by atoms with van der Waals surface area (Å²) in [5.74, 6) is -0.147. The second-order valence-corrected chi connectivity index (χ2v) is 4.55. The van der Waals surface area contributed by atoms with Crippen LogP contribution in [0.25, 0.3) is 11.1 Å². The van der Waals surface area contributed by atoms with E-state index in [0.717, 1.165) is 11.6 Å². The zero-order valence-corrected chi connectivity index (χ0v) is 12.2. The number of ether oxygens (including phenoxy) is 2. The first-order valence-corrected chi connectivity index (χ1v) is 6.45. The van der Waals surface area contributed by atoms with Gasteiger partial charge in [-0.05, 0) is 48.0 Å². The summed E-state index contributed by atoms with van der Waals surface area (Å²) >= 11 is 0. The van der Waals surface area contributed by atoms with Crippen LogP contribution in [0.4, 0.5) is 8.78 Å². The van der Waals surface area contributed by atoms with E-state index in [1.807, 2.05) is 0 Å². The van der Waals surface area contributed by atoms with Gasteiger partial charge in [0, 0.05) is 12.6 Å². The molecule has 1 N–H and O–H groups in total. The van der Waals surface area contributed by atoms with E-state index in [2.05, 4.69) is 5.32 Å². The second-order valence-electron chi connectivity index (χ2n) is 4.55. The maximum absolute atomic E-state index is 13.4. The zero-order valence-electron chi connectivity index (χ0n) is 12.2. The molecule has 0 fully saturated rings. The second kappa shape index (κ2) is 6.54. The van der Waals surface area contributed by atoms with Gasteiger partial charge in [-0.3, -0.25) is 0 Å². The molecule has 5 heteroatoms. The lowest BCUT2D eigenvalue weighted by atomic mass is 9.98. The monoisotopic (exact) mass is 293 g/mol. The van der Waals surface area contributed by atoms with E-state index in [9.17, 15) is 8.78 Å². The van der Waals surface area contributed by atoms with E-state index in [1.165, 1.54) is 19.2 Å². The molecule has 0 bridgehead atoms. The van der Waals surface area contributed by atoms with Crippen molar-refractivity contribution in [3.8, 4) is 22.6 Å². The van der Waals surface area contributed by atoms with Crippen LogP contribution in [0.5, 0.6) is 11.5 Å². The molecule has 2 aromatic rings. The van der Waals surface area contributed by atoms with Gasteiger partial charge in [-0.1, -0.05) is 0 Å². The van der Waals surface area contributed by atoms with Gasteiger partial charge >= 0.3 is 0 Å². The molecule has 0 unspecified atom stereocenters. The van der Waals surface area contributed by atoms with Crippen molar-refractivity contribution in [1.82, 2.24) is 5.32 Å². The number of hydrogen-bond donors (Lipinski definition) is 1. The molecule has 0 aliphatic rings. The molecule has 0 atom stereocenters. The predicted octanol–water partition coefficient (Wildman–Crippen LogP) is 3.37. The number of benzene rings is 2. The van der Waals surface area contributed by atoms with Gasteiger partial charge in [-0.25, -0.2) is 8.78 Å². The first-order chi connectivity index (χ1) is 10.1. The normalized spacial score (nSPS) is 10.5. The molecule has 2 aromatic carbocycles. The molecule has 0 saturated heterocycles. The first-order valence-electron chi connectivity index (χ1n) is 6.45. The van der Waals surface area contributed by atoms with E-state index in [1.54, 1.807) is 26.3 Å². The van der Waals surface area contributed by atoms with Crippen LogP contribution in [0.3, 0.4) is 0 Å². The van der Waals surface area contributed by atoms with Gasteiger partial charge in [0.25, 0.3) is 0 Å². The molecular weight excluding hydrogens is 276 g/mol. The molecule has 0 aliphatic carbocycles. The van der Waals surface area contributed by atoms with Gasteiger partial charge in [-0.2, -0.15) is 0 Å². The van der Waals surface area contributed by atoms with Crippen LogP contribution in [0.2, 0.25) is 0 Å². The van der Waals surface area contributed by atoms with Gasteiger partial charge in [0.15, 0.2) is 11.5 Å². The highest BCUT2D eigenvalue weighted by Gasteiger charge is 2.13. The molecule has 0 saturated carbocycles. The first kappa shape index (κ1) is 15.3. The van der Waals surface area contributed by atoms with Crippen LogP contribution in [0.15, 0.2) is 30.3 Å². The van der Waals surface area contributed by atoms with Crippen LogP contribution < -0.4 is 14.8 Å². The average molecular weight is 293 g/mol. The van der Waals surface area contributed by atoms with Crippen LogP contribution in [0.1, 0.15) is 5.56 Å². The predicted molar refractivity (Wildman–Crippen MR) is 77.7 cm³/mol. The van der Waals surface area contributed by atoms with Gasteiger partial charge in [-0.15, -0.1) is 0 Å². The van der Waals surface area contributed by atoms with Gasteiger partial charge in [0.1, 0.15) is 11.6 Å². The summed E-state index contributed by atoms with van der Waals surface area (Å²) in [6.07, 6.45) is 0. The van der Waals surface area contributed by atoms with Crippen LogP contribution >= 0.6 is 0 Å². The van der Waals surface area contributed by atoms with Crippen molar-refractivity contribution in [3.05, 3.63) is 47.5 Å². The fraction of sp³-hybridized carbons (Fsp3) is 0.250. The topological polar surface area (TPSA) is 30.5 Å². The average Bonchev–Trinajstić information content (AvgIpc) is 2.46. The molecule has 0 spiro atoms. The van der Waals surface area contributed by atoms with Crippen molar-refractivity contribution in [3.63, 3.8) is 0 Å². The fourth-order valence-electron chi connectivity index (χ4n) is 2.24. The maximum Gasteiger partial charge on any atom is 0.161 e. The summed E-state index contributed by atoms with van der Waals surface area (Å²) in [6.45, 7) is 0.536. The van der Waals surface area contributed by atoms with E-state index in [0.29, 0.717) is 29.2 Å². The van der Waals surface area contributed by atoms with Gasteiger partial charge in [0.05, 0.1) is 14.2 Å². The van der Waals surface area contributed by atoms with Crippen molar-refractivity contribution in [2.75, 3.05) is 21.3 Å². The molecule has 0 aliphatic heterocycles. The Balaban J connectivity index is 2.64. The zero-order chi connectivity index (χ0) is 15.4. The minimum Gasteiger partial charge on any atom is -0.493 e. The lowest BCUT2D eigenvalue weighted by Crippen LogP contribution is -2.07. The van der Waals surface area contributed by atoms with E-state index in [-0.39, 0.29) is 0 Å². The lowest BCUT2D eigenvalue weighted by Gasteiger charge is -2.15. The fourth-order valence-corrected chi connectivity index (χ4v) is 2.24. The number of nitrogens with one attached hydrogen (secondary N) is 1. The molecular formula is C16H17F2NO2. The molecule has 21 heavy (non-hydrogen) atoms. The quantitative estimate of drug-likeness (QED) is 0.917. The molecule has 3 nitrogen and oxygen atoms in total. The van der Waals surface area contributed by atoms with Crippen molar-refractivity contribution in [2.45, 2.75) is 6.54 Å². The Labute approximate surface area is 122 Å². The Bertz CT molecular complexity index is 624. The molecule has 0 radical (unpaired) electrons. The Kier molecular flexibility index (Phi) is 4.75. The molecule has 0 aromatic heterocycles. The standard InChI is InChI=1S/C16H17F2NO2/c1-19-9-11-6-15(20-2)16(21-3)8-14(11)10-4-12(17)7-13(18)5-10/h4-8,19H,9H2,1-3H3. The van der Waals surface area contributed by atoms with Crippen LogP contribution in [0, 0.1) is 11.6 Å². The third-order valence-electron chi connectivity index (χ3n) is 3.15. The van der Waals surface area contributed by atoms with E-state index >= 15 is 0 Å². The summed E-state index contributed by atoms with van der Waals surface area (Å²) in [4.78, 5) is 0. The number of halogens is 2. The molecule has 0 amide bonds. The van der Waals surface area contributed by atoms with Crippen molar-refractivity contribution in [2.24, 2.45) is 0 Å². The summed E-state index contributed by atoms with van der Waals surface area (Å²) in [6, 6.07) is 6.96. The van der Waals surface area contributed by atoms with E-state index < -0.39 is 11.6 Å². The van der Waals surface area contributed by atoms with Gasteiger partial charge in [0.2, 0.25) is 0 Å². The maximum atomic E-state index is 13.4. The third-order valence-corrected chi connectivity index (χ3v) is 3.15. The Morgan fingerprint density at radius 2 is 1.48 bits per heavy atom. The van der Waals surface area contributed by atoms with Gasteiger partial charge < -0.3 is 14.8 Å². The number of rotatable bonds is 5. The van der Waals surface area contributed by atoms with Crippen LogP contribution in [-0.2, 0) is 6.54 Å². The van der Waals surface area contributed by atoms with Crippen LogP contribution in [-0.4, -0.2) is 21.3 Å². The lowest BCUT2D eigenvalue weighted by molar-refractivity contribution is 0.354. The highest BCUT2D eigenvalue weighted by molar-refractivity contribution is 5.71. The molecule has 112 valence electrons. The minimum absolute atomic E-state index is 0.457. The minimum atomic E-state index is -0.616. The highest BCUT2D eigenvalue weighted by Crippen LogP contribution is 2.36. The highest BCUT2D eigenvalue weighted by atomic mass is 19.1. The van der Waals surface area contributed by atoms with Crippen molar-refractivity contribution >= 4 is 0 Å². The Hall–Kier alpha value is -2.14. The SMILES string of the molecule is CNCc1cc(OC)c(OC)cc1-c1cc(F)cc(F)c1. The van der Waals surface area contributed by atoms with E-state index in [4.69, 9.17) is 9.47 Å². The van der Waals surface area contributed by atoms with Crippen molar-refractivity contribution < 1.29 is 18.3 Å². The Morgan fingerprint density at radius 3 is 2.00 bits per heavy atom. The smallest absolute Gasteiger partial charge is 0.161 e. The summed E-state index contributed by atoms with van der Waals surface area (Å²) in [5, 5.41) is 3.03. The number of methoxy groups -OCH3 is 2. The number of hydrogen-bond acceptors (Lipinski definition) is 3. The molecule has 0 heterocycles. The van der Waals surface area contributed by atoms with Crippen molar-refractivity contribution in [1.29, 1.82) is 0 Å².